The van der Waals surface area contributed by atoms with Crippen LogP contribution in [0.5, 0.6) is 0 Å². The molecule has 1 rings (SSSR count). The summed E-state index contributed by atoms with van der Waals surface area (Å²) in [5, 5.41) is -0.406. The number of thioether (sulfide) groups is 1. The van der Waals surface area contributed by atoms with E-state index in [4.69, 9.17) is 5.73 Å². The standard InChI is InChI=1S/C9H10FNOS/c1-6(9(11)12)13-8-5-3-2-4-7(8)10/h2-6H,1H3,(H2,11,12). The Balaban J connectivity index is 2.74. The number of nitrogens with two attached hydrogens (primary N) is 1. The van der Waals surface area contributed by atoms with Gasteiger partial charge in [0, 0.05) is 4.90 Å². The highest BCUT2D eigenvalue weighted by atomic mass is 32.2. The van der Waals surface area contributed by atoms with Crippen molar-refractivity contribution in [1.29, 1.82) is 0 Å². The van der Waals surface area contributed by atoms with Crippen LogP contribution in [0.15, 0.2) is 29.2 Å². The van der Waals surface area contributed by atoms with Gasteiger partial charge in [0.1, 0.15) is 5.82 Å². The Morgan fingerprint density at radius 2 is 2.15 bits per heavy atom. The van der Waals surface area contributed by atoms with Crippen LogP contribution in [0.3, 0.4) is 0 Å². The lowest BCUT2D eigenvalue weighted by Gasteiger charge is -2.06. The van der Waals surface area contributed by atoms with Gasteiger partial charge in [-0.1, -0.05) is 12.1 Å². The van der Waals surface area contributed by atoms with E-state index in [2.05, 4.69) is 0 Å². The van der Waals surface area contributed by atoms with Crippen molar-refractivity contribution in [1.82, 2.24) is 0 Å². The molecule has 0 aliphatic rings. The van der Waals surface area contributed by atoms with E-state index in [0.717, 1.165) is 11.8 Å². The molecule has 1 atom stereocenters. The molecule has 1 aromatic carbocycles. The monoisotopic (exact) mass is 199 g/mol. The van der Waals surface area contributed by atoms with Crippen LogP contribution in [-0.2, 0) is 4.79 Å². The Hall–Kier alpha value is -1.03. The van der Waals surface area contributed by atoms with Crippen molar-refractivity contribution in [2.75, 3.05) is 0 Å². The first-order chi connectivity index (χ1) is 6.11. The summed E-state index contributed by atoms with van der Waals surface area (Å²) < 4.78 is 13.0. The quantitative estimate of drug-likeness (QED) is 0.754. The molecule has 0 bridgehead atoms. The Kier molecular flexibility index (Phi) is 3.31. The summed E-state index contributed by atoms with van der Waals surface area (Å²) in [6.07, 6.45) is 0. The van der Waals surface area contributed by atoms with E-state index >= 15 is 0 Å². The number of halogens is 1. The number of benzene rings is 1. The number of carbonyl (C=O) groups excluding carboxylic acids is 1. The molecule has 70 valence electrons. The van der Waals surface area contributed by atoms with Gasteiger partial charge in [0.05, 0.1) is 5.25 Å². The molecule has 0 aliphatic carbocycles. The van der Waals surface area contributed by atoms with Gasteiger partial charge in [-0.2, -0.15) is 0 Å². The van der Waals surface area contributed by atoms with Gasteiger partial charge in [-0.15, -0.1) is 11.8 Å². The summed E-state index contributed by atoms with van der Waals surface area (Å²) in [5.74, 6) is -0.756. The summed E-state index contributed by atoms with van der Waals surface area (Å²) in [6, 6.07) is 6.31. The zero-order valence-electron chi connectivity index (χ0n) is 7.16. The molecule has 4 heteroatoms. The average molecular weight is 199 g/mol. The van der Waals surface area contributed by atoms with Gasteiger partial charge in [-0.3, -0.25) is 4.79 Å². The predicted octanol–water partition coefficient (Wildman–Crippen LogP) is 1.79. The van der Waals surface area contributed by atoms with Gasteiger partial charge in [-0.25, -0.2) is 4.39 Å². The van der Waals surface area contributed by atoms with E-state index < -0.39 is 11.2 Å². The summed E-state index contributed by atoms with van der Waals surface area (Å²) in [6.45, 7) is 1.65. The second-order valence-corrected chi connectivity index (χ2v) is 3.98. The predicted molar refractivity (Wildman–Crippen MR) is 50.9 cm³/mol. The molecule has 1 aromatic rings. The molecule has 1 amide bonds. The Labute approximate surface area is 80.3 Å². The second kappa shape index (κ2) is 4.28. The largest absolute Gasteiger partial charge is 0.369 e. The van der Waals surface area contributed by atoms with Gasteiger partial charge in [0.2, 0.25) is 5.91 Å². The minimum Gasteiger partial charge on any atom is -0.369 e. The first-order valence-electron chi connectivity index (χ1n) is 3.81. The SMILES string of the molecule is CC(Sc1ccccc1F)C(N)=O. The van der Waals surface area contributed by atoms with Gasteiger partial charge in [0.25, 0.3) is 0 Å². The topological polar surface area (TPSA) is 43.1 Å². The maximum atomic E-state index is 13.0. The third kappa shape index (κ3) is 2.73. The molecule has 0 radical (unpaired) electrons. The van der Waals surface area contributed by atoms with E-state index in [0.29, 0.717) is 4.90 Å². The minimum absolute atomic E-state index is 0.319. The van der Waals surface area contributed by atoms with Crippen LogP contribution in [0.25, 0.3) is 0 Å². The van der Waals surface area contributed by atoms with E-state index in [1.807, 2.05) is 0 Å². The summed E-state index contributed by atoms with van der Waals surface area (Å²) in [4.78, 5) is 11.1. The highest BCUT2D eigenvalue weighted by molar-refractivity contribution is 8.00. The second-order valence-electron chi connectivity index (χ2n) is 2.59. The summed E-state index contributed by atoms with van der Waals surface area (Å²) in [5.41, 5.74) is 5.05. The normalized spacial score (nSPS) is 12.5. The van der Waals surface area contributed by atoms with Crippen LogP contribution in [0.1, 0.15) is 6.92 Å². The molecule has 0 saturated heterocycles. The molecule has 0 saturated carbocycles. The van der Waals surface area contributed by atoms with Crippen LogP contribution in [0.2, 0.25) is 0 Å². The number of carbonyl (C=O) groups is 1. The Morgan fingerprint density at radius 3 is 2.69 bits per heavy atom. The summed E-state index contributed by atoms with van der Waals surface area (Å²) >= 11 is 1.13. The Bertz CT molecular complexity index is 316. The molecule has 0 fully saturated rings. The molecular formula is C9H10FNOS. The van der Waals surface area contributed by atoms with E-state index in [9.17, 15) is 9.18 Å². The first-order valence-corrected chi connectivity index (χ1v) is 4.69. The fourth-order valence-corrected chi connectivity index (χ4v) is 1.62. The molecule has 0 aromatic heterocycles. The molecule has 2 N–H and O–H groups in total. The van der Waals surface area contributed by atoms with Crippen molar-refractivity contribution in [3.63, 3.8) is 0 Å². The van der Waals surface area contributed by atoms with Crippen LogP contribution in [0.4, 0.5) is 4.39 Å². The molecule has 0 spiro atoms. The number of amides is 1. The zero-order chi connectivity index (χ0) is 9.84. The molecule has 0 aliphatic heterocycles. The smallest absolute Gasteiger partial charge is 0.230 e. The van der Waals surface area contributed by atoms with Crippen molar-refractivity contribution in [2.45, 2.75) is 17.1 Å². The number of primary amides is 1. The zero-order valence-corrected chi connectivity index (χ0v) is 7.98. The molecule has 0 heterocycles. The maximum absolute atomic E-state index is 13.0. The Morgan fingerprint density at radius 1 is 1.54 bits per heavy atom. The van der Waals surface area contributed by atoms with Crippen LogP contribution < -0.4 is 5.73 Å². The summed E-state index contributed by atoms with van der Waals surface area (Å²) in [7, 11) is 0. The highest BCUT2D eigenvalue weighted by Gasteiger charge is 2.12. The lowest BCUT2D eigenvalue weighted by molar-refractivity contribution is -0.117. The first kappa shape index (κ1) is 10.1. The van der Waals surface area contributed by atoms with E-state index in [1.165, 1.54) is 6.07 Å². The molecule has 2 nitrogen and oxygen atoms in total. The van der Waals surface area contributed by atoms with Gasteiger partial charge >= 0.3 is 0 Å². The van der Waals surface area contributed by atoms with Crippen molar-refractivity contribution in [3.8, 4) is 0 Å². The highest BCUT2D eigenvalue weighted by Crippen LogP contribution is 2.25. The third-order valence-corrected chi connectivity index (χ3v) is 2.71. The maximum Gasteiger partial charge on any atom is 0.230 e. The number of hydrogen-bond donors (Lipinski definition) is 1. The van der Waals surface area contributed by atoms with E-state index in [1.54, 1.807) is 25.1 Å². The minimum atomic E-state index is -0.437. The van der Waals surface area contributed by atoms with Crippen LogP contribution in [-0.4, -0.2) is 11.2 Å². The van der Waals surface area contributed by atoms with Crippen molar-refractivity contribution < 1.29 is 9.18 Å². The van der Waals surface area contributed by atoms with Crippen LogP contribution >= 0.6 is 11.8 Å². The lowest BCUT2D eigenvalue weighted by atomic mass is 10.3. The third-order valence-electron chi connectivity index (χ3n) is 1.54. The van der Waals surface area contributed by atoms with E-state index in [-0.39, 0.29) is 5.82 Å². The van der Waals surface area contributed by atoms with Crippen LogP contribution in [0, 0.1) is 5.82 Å². The van der Waals surface area contributed by atoms with Gasteiger partial charge < -0.3 is 5.73 Å². The number of hydrogen-bond acceptors (Lipinski definition) is 2. The molecule has 1 unspecified atom stereocenters. The fourth-order valence-electron chi connectivity index (χ4n) is 0.789. The molecule has 13 heavy (non-hydrogen) atoms. The lowest BCUT2D eigenvalue weighted by Crippen LogP contribution is -2.22. The fraction of sp³-hybridized carbons (Fsp3) is 0.222. The molecular weight excluding hydrogens is 189 g/mol. The van der Waals surface area contributed by atoms with Crippen molar-refractivity contribution in [3.05, 3.63) is 30.1 Å². The van der Waals surface area contributed by atoms with Crippen molar-refractivity contribution in [2.24, 2.45) is 5.73 Å². The number of rotatable bonds is 3. The van der Waals surface area contributed by atoms with Gasteiger partial charge in [-0.05, 0) is 19.1 Å². The van der Waals surface area contributed by atoms with Gasteiger partial charge in [0.15, 0.2) is 0 Å². The van der Waals surface area contributed by atoms with Crippen molar-refractivity contribution >= 4 is 17.7 Å². The average Bonchev–Trinajstić information content (AvgIpc) is 2.08.